The molecule has 0 saturated carbocycles. The Hall–Kier alpha value is -3.66. The maximum atomic E-state index is 13.8. The Bertz CT molecular complexity index is 1410. The van der Waals surface area contributed by atoms with Crippen LogP contribution in [0, 0.1) is 11.8 Å². The van der Waals surface area contributed by atoms with Crippen LogP contribution in [0.15, 0.2) is 41.7 Å². The molecule has 14 heteroatoms. The summed E-state index contributed by atoms with van der Waals surface area (Å²) in [4.78, 5) is 51.8. The van der Waals surface area contributed by atoms with Gasteiger partial charge in [0.15, 0.2) is 17.7 Å². The Morgan fingerprint density at radius 2 is 1.72 bits per heavy atom. The summed E-state index contributed by atoms with van der Waals surface area (Å²) in [6, 6.07) is 3.99. The zero-order chi connectivity index (χ0) is 37.1. The van der Waals surface area contributed by atoms with E-state index in [9.17, 15) is 49.8 Å². The number of ketones is 2. The number of carbonyl (C=O) groups excluding carboxylic acids is 3. The van der Waals surface area contributed by atoms with Crippen LogP contribution >= 0.6 is 0 Å². The molecule has 2 unspecified atom stereocenters. The van der Waals surface area contributed by atoms with Crippen molar-refractivity contribution in [2.24, 2.45) is 11.8 Å². The molecule has 0 aliphatic carbocycles. The summed E-state index contributed by atoms with van der Waals surface area (Å²) in [5.41, 5.74) is 0.513. The van der Waals surface area contributed by atoms with E-state index in [4.69, 9.17) is 14.2 Å². The number of nitrogens with one attached hydrogen (secondary N) is 1. The molecular formula is C36H51NO13. The van der Waals surface area contributed by atoms with E-state index < -0.39 is 72.9 Å². The van der Waals surface area contributed by atoms with Crippen LogP contribution in [0.4, 0.5) is 5.69 Å². The van der Waals surface area contributed by atoms with Crippen LogP contribution in [0.1, 0.15) is 90.2 Å². The monoisotopic (exact) mass is 705 g/mol. The molecule has 3 rings (SSSR count). The standard InChI is InChI=1S/C36H51NO13/c1-5-7-8-10-21-13-19(3)29(41)28(48-4)12-9-11-20(6-2)26(39)17-24(38)18-27(40)22-14-23(37-34(21)45)16-25(15-22)49-36-32(44)30(42)31(43)33(50-36)35(46)47/h13-17,20-21,27-28,30-33,36,39-40,42-44H,5-12,18H2,1-4H3,(H,37,45)(H,46,47)/b19-13+,26-17+/t20?,21-,27-,28?,30-,31-,32+,33-,36+/m0/s1. The first-order valence-corrected chi connectivity index (χ1v) is 17.1. The molecule has 2 aliphatic heterocycles. The Morgan fingerprint density at radius 3 is 2.36 bits per heavy atom. The molecule has 9 atom stereocenters. The van der Waals surface area contributed by atoms with Crippen molar-refractivity contribution in [1.29, 1.82) is 0 Å². The average Bonchev–Trinajstić information content (AvgIpc) is 3.07. The summed E-state index contributed by atoms with van der Waals surface area (Å²) in [6.07, 6.45) is -4.83. The van der Waals surface area contributed by atoms with Crippen LogP contribution in [0.2, 0.25) is 0 Å². The molecule has 1 saturated heterocycles. The van der Waals surface area contributed by atoms with Gasteiger partial charge in [-0.25, -0.2) is 4.79 Å². The highest BCUT2D eigenvalue weighted by atomic mass is 16.7. The van der Waals surface area contributed by atoms with Gasteiger partial charge in [-0.1, -0.05) is 39.2 Å². The number of anilines is 1. The molecule has 2 bridgehead atoms. The van der Waals surface area contributed by atoms with E-state index in [-0.39, 0.29) is 34.5 Å². The van der Waals surface area contributed by atoms with Crippen molar-refractivity contribution in [3.05, 3.63) is 47.2 Å². The number of aliphatic carboxylic acids is 1. The number of aliphatic hydroxyl groups excluding tert-OH is 5. The van der Waals surface area contributed by atoms with Gasteiger partial charge in [0.2, 0.25) is 12.2 Å². The van der Waals surface area contributed by atoms with Crippen molar-refractivity contribution >= 4 is 29.1 Å². The fraction of sp³-hybridized carbons (Fsp3) is 0.611. The summed E-state index contributed by atoms with van der Waals surface area (Å²) in [5.74, 6) is -4.38. The molecule has 0 radical (unpaired) electrons. The summed E-state index contributed by atoms with van der Waals surface area (Å²) in [5, 5.41) is 65.0. The lowest BCUT2D eigenvalue weighted by Gasteiger charge is -2.38. The van der Waals surface area contributed by atoms with Crippen molar-refractivity contribution < 1.29 is 64.0 Å². The average molecular weight is 706 g/mol. The van der Waals surface area contributed by atoms with Gasteiger partial charge in [-0.15, -0.1) is 0 Å². The lowest BCUT2D eigenvalue weighted by atomic mass is 9.92. The zero-order valence-corrected chi connectivity index (χ0v) is 29.0. The number of fused-ring (bicyclic) bond motifs is 2. The van der Waals surface area contributed by atoms with E-state index in [1.54, 1.807) is 13.0 Å². The molecule has 0 spiro atoms. The summed E-state index contributed by atoms with van der Waals surface area (Å²) in [7, 11) is 1.43. The molecule has 1 fully saturated rings. The normalized spacial score (nSPS) is 32.7. The van der Waals surface area contributed by atoms with Gasteiger partial charge in [-0.3, -0.25) is 14.4 Å². The number of Topliss-reactive ketones (excluding diaryl/α,β-unsaturated/α-hetero) is 1. The smallest absolute Gasteiger partial charge is 0.335 e. The maximum absolute atomic E-state index is 13.8. The largest absolute Gasteiger partial charge is 0.512 e. The Labute approximate surface area is 291 Å². The van der Waals surface area contributed by atoms with Crippen LogP contribution < -0.4 is 10.1 Å². The first-order chi connectivity index (χ1) is 23.7. The third kappa shape index (κ3) is 10.9. The number of ether oxygens (including phenoxy) is 3. The number of unbranched alkanes of at least 4 members (excludes halogenated alkanes) is 2. The number of allylic oxidation sites excluding steroid dienone is 2. The number of carboxylic acid groups (broad SMARTS) is 1. The Balaban J connectivity index is 2.08. The first kappa shape index (κ1) is 40.8. The predicted octanol–water partition coefficient (Wildman–Crippen LogP) is 3.27. The van der Waals surface area contributed by atoms with Crippen LogP contribution in [-0.4, -0.2) is 98.0 Å². The minimum Gasteiger partial charge on any atom is -0.512 e. The topological polar surface area (TPSA) is 229 Å². The molecule has 50 heavy (non-hydrogen) atoms. The lowest BCUT2D eigenvalue weighted by molar-refractivity contribution is -0.271. The third-order valence-corrected chi connectivity index (χ3v) is 9.15. The number of hydrogen-bond acceptors (Lipinski definition) is 12. The number of hydrogen-bond donors (Lipinski definition) is 7. The van der Waals surface area contributed by atoms with Gasteiger partial charge in [0, 0.05) is 37.3 Å². The molecular weight excluding hydrogens is 654 g/mol. The molecule has 2 aliphatic rings. The van der Waals surface area contributed by atoms with Crippen molar-refractivity contribution in [3.63, 3.8) is 0 Å². The quantitative estimate of drug-likeness (QED) is 0.183. The molecule has 1 aromatic rings. The van der Waals surface area contributed by atoms with E-state index in [0.29, 0.717) is 44.1 Å². The van der Waals surface area contributed by atoms with Gasteiger partial charge in [-0.05, 0) is 62.3 Å². The van der Waals surface area contributed by atoms with Crippen LogP contribution in [0.25, 0.3) is 0 Å². The van der Waals surface area contributed by atoms with E-state index in [1.807, 2.05) is 13.8 Å². The number of rotatable bonds is 9. The van der Waals surface area contributed by atoms with E-state index >= 15 is 0 Å². The second-order valence-electron chi connectivity index (χ2n) is 13.0. The van der Waals surface area contributed by atoms with E-state index in [0.717, 1.165) is 18.9 Å². The maximum Gasteiger partial charge on any atom is 0.335 e. The first-order valence-electron chi connectivity index (χ1n) is 17.1. The van der Waals surface area contributed by atoms with Crippen molar-refractivity contribution in [2.75, 3.05) is 12.4 Å². The number of carboxylic acids is 1. The van der Waals surface area contributed by atoms with Crippen LogP contribution in [-0.2, 0) is 28.7 Å². The van der Waals surface area contributed by atoms with Gasteiger partial charge < -0.3 is 50.2 Å². The molecule has 2 heterocycles. The molecule has 1 aromatic carbocycles. The van der Waals surface area contributed by atoms with Crippen molar-refractivity contribution in [2.45, 2.75) is 121 Å². The Kier molecular flexibility index (Phi) is 15.6. The highest BCUT2D eigenvalue weighted by molar-refractivity contribution is 6.00. The third-order valence-electron chi connectivity index (χ3n) is 9.15. The van der Waals surface area contributed by atoms with Gasteiger partial charge in [0.1, 0.15) is 30.2 Å². The number of carbonyl (C=O) groups is 4. The van der Waals surface area contributed by atoms with Crippen LogP contribution in [0.3, 0.4) is 0 Å². The molecule has 14 nitrogen and oxygen atoms in total. The highest BCUT2D eigenvalue weighted by Crippen LogP contribution is 2.32. The van der Waals surface area contributed by atoms with Crippen molar-refractivity contribution in [1.82, 2.24) is 0 Å². The predicted molar refractivity (Wildman–Crippen MR) is 180 cm³/mol. The minimum atomic E-state index is -1.95. The second-order valence-corrected chi connectivity index (χ2v) is 13.0. The molecule has 7 N–H and O–H groups in total. The van der Waals surface area contributed by atoms with E-state index in [1.165, 1.54) is 25.3 Å². The van der Waals surface area contributed by atoms with Gasteiger partial charge >= 0.3 is 5.97 Å². The zero-order valence-electron chi connectivity index (χ0n) is 29.0. The number of methoxy groups -OCH3 is 1. The fourth-order valence-electron chi connectivity index (χ4n) is 6.13. The summed E-state index contributed by atoms with van der Waals surface area (Å²) >= 11 is 0. The van der Waals surface area contributed by atoms with Crippen molar-refractivity contribution in [3.8, 4) is 5.75 Å². The van der Waals surface area contributed by atoms with Gasteiger partial charge in [0.05, 0.1) is 17.8 Å². The summed E-state index contributed by atoms with van der Waals surface area (Å²) < 4.78 is 16.5. The summed E-state index contributed by atoms with van der Waals surface area (Å²) in [6.45, 7) is 5.50. The lowest BCUT2D eigenvalue weighted by Crippen LogP contribution is -2.61. The Morgan fingerprint density at radius 1 is 1.00 bits per heavy atom. The SMILES string of the molecule is CCCCC[C@H]1/C=C(\C)C(=O)C(OC)CCCC(CC)/C(O)=C\C(=O)C[C@H](O)c2cc(cc(O[C@@H]3O[C@H](C(=O)O)[C@@H](O)[C@H](O)[C@H]3O)c2)NC1=O. The van der Waals surface area contributed by atoms with Crippen LogP contribution in [0.5, 0.6) is 5.75 Å². The number of benzene rings is 1. The molecule has 0 aromatic heterocycles. The van der Waals surface area contributed by atoms with Gasteiger partial charge in [0.25, 0.3) is 0 Å². The number of amides is 1. The fourth-order valence-corrected chi connectivity index (χ4v) is 6.13. The second kappa shape index (κ2) is 19.1. The molecule has 278 valence electrons. The van der Waals surface area contributed by atoms with E-state index in [2.05, 4.69) is 5.32 Å². The highest BCUT2D eigenvalue weighted by Gasteiger charge is 2.48. The number of aliphatic hydroxyl groups is 5. The molecule has 1 amide bonds. The minimum absolute atomic E-state index is 0.0806. The van der Waals surface area contributed by atoms with Gasteiger partial charge in [-0.2, -0.15) is 0 Å².